The van der Waals surface area contributed by atoms with Crippen LogP contribution in [0.3, 0.4) is 0 Å². The zero-order valence-corrected chi connectivity index (χ0v) is 10.0. The number of aliphatic carboxylic acids is 1. The maximum Gasteiger partial charge on any atom is 0.317 e. The van der Waals surface area contributed by atoms with Gasteiger partial charge in [0.1, 0.15) is 0 Å². The van der Waals surface area contributed by atoms with Gasteiger partial charge in [0.15, 0.2) is 0 Å². The smallest absolute Gasteiger partial charge is 0.317 e. The third-order valence-corrected chi connectivity index (χ3v) is 2.69. The maximum absolute atomic E-state index is 11.6. The molecule has 2 amide bonds. The van der Waals surface area contributed by atoms with Gasteiger partial charge in [0.2, 0.25) is 0 Å². The van der Waals surface area contributed by atoms with Crippen LogP contribution in [-0.4, -0.2) is 41.6 Å². The summed E-state index contributed by atoms with van der Waals surface area (Å²) in [6, 6.07) is -0.0208. The molecule has 17 heavy (non-hydrogen) atoms. The standard InChI is InChI=1S/C12H20N2O3/c15-11(16)7-3-1-4-8-13-12(17)14-9-5-2-6-10-14/h2,5H,1,3-4,6-10H2,(H,13,17)(H,15,16). The zero-order valence-electron chi connectivity index (χ0n) is 10.0. The summed E-state index contributed by atoms with van der Waals surface area (Å²) in [4.78, 5) is 23.7. The summed E-state index contributed by atoms with van der Waals surface area (Å²) in [7, 11) is 0. The van der Waals surface area contributed by atoms with Crippen LogP contribution in [0.1, 0.15) is 32.1 Å². The largest absolute Gasteiger partial charge is 0.481 e. The number of hydrogen-bond donors (Lipinski definition) is 2. The average Bonchev–Trinajstić information content (AvgIpc) is 2.34. The first-order chi connectivity index (χ1) is 8.20. The number of urea groups is 1. The number of amides is 2. The van der Waals surface area contributed by atoms with Crippen LogP contribution in [0.15, 0.2) is 12.2 Å². The van der Waals surface area contributed by atoms with Crippen LogP contribution >= 0.6 is 0 Å². The van der Waals surface area contributed by atoms with E-state index in [1.54, 1.807) is 4.90 Å². The normalized spacial score (nSPS) is 14.7. The number of rotatable bonds is 6. The Labute approximate surface area is 101 Å². The fraction of sp³-hybridized carbons (Fsp3) is 0.667. The van der Waals surface area contributed by atoms with Crippen molar-refractivity contribution in [1.29, 1.82) is 0 Å². The molecule has 1 rings (SSSR count). The molecule has 0 saturated heterocycles. The minimum absolute atomic E-state index is 0.0208. The van der Waals surface area contributed by atoms with Crippen LogP contribution in [-0.2, 0) is 4.79 Å². The van der Waals surface area contributed by atoms with Gasteiger partial charge in [-0.3, -0.25) is 4.79 Å². The number of carboxylic acid groups (broad SMARTS) is 1. The van der Waals surface area contributed by atoms with Gasteiger partial charge in [0.05, 0.1) is 0 Å². The van der Waals surface area contributed by atoms with Crippen LogP contribution in [0.4, 0.5) is 4.79 Å². The van der Waals surface area contributed by atoms with E-state index in [2.05, 4.69) is 11.4 Å². The predicted molar refractivity (Wildman–Crippen MR) is 64.8 cm³/mol. The van der Waals surface area contributed by atoms with Crippen LogP contribution in [0.2, 0.25) is 0 Å². The molecule has 0 atom stereocenters. The highest BCUT2D eigenvalue weighted by Crippen LogP contribution is 2.02. The molecule has 1 aliphatic rings. The molecular formula is C12H20N2O3. The van der Waals surface area contributed by atoms with Gasteiger partial charge < -0.3 is 15.3 Å². The van der Waals surface area contributed by atoms with Gasteiger partial charge in [-0.05, 0) is 19.3 Å². The van der Waals surface area contributed by atoms with Crippen molar-refractivity contribution in [2.75, 3.05) is 19.6 Å². The van der Waals surface area contributed by atoms with E-state index in [0.717, 1.165) is 25.8 Å². The lowest BCUT2D eigenvalue weighted by Gasteiger charge is -2.23. The van der Waals surface area contributed by atoms with Crippen molar-refractivity contribution in [3.05, 3.63) is 12.2 Å². The number of unbranched alkanes of at least 4 members (excludes halogenated alkanes) is 2. The van der Waals surface area contributed by atoms with Crippen molar-refractivity contribution in [2.45, 2.75) is 32.1 Å². The van der Waals surface area contributed by atoms with Gasteiger partial charge in [-0.2, -0.15) is 0 Å². The molecule has 5 heteroatoms. The summed E-state index contributed by atoms with van der Waals surface area (Å²) in [6.07, 6.45) is 7.56. The lowest BCUT2D eigenvalue weighted by molar-refractivity contribution is -0.137. The van der Waals surface area contributed by atoms with E-state index in [-0.39, 0.29) is 12.5 Å². The molecular weight excluding hydrogens is 220 g/mol. The molecule has 1 heterocycles. The second kappa shape index (κ2) is 7.70. The second-order valence-corrected chi connectivity index (χ2v) is 4.14. The van der Waals surface area contributed by atoms with Gasteiger partial charge in [-0.15, -0.1) is 0 Å². The first-order valence-electron chi connectivity index (χ1n) is 6.09. The van der Waals surface area contributed by atoms with E-state index < -0.39 is 5.97 Å². The summed E-state index contributed by atoms with van der Waals surface area (Å²) in [5.41, 5.74) is 0. The summed E-state index contributed by atoms with van der Waals surface area (Å²) in [5, 5.41) is 11.3. The van der Waals surface area contributed by atoms with Gasteiger partial charge in [0.25, 0.3) is 0 Å². The van der Waals surface area contributed by atoms with Crippen molar-refractivity contribution < 1.29 is 14.7 Å². The van der Waals surface area contributed by atoms with E-state index in [0.29, 0.717) is 19.5 Å². The summed E-state index contributed by atoms with van der Waals surface area (Å²) in [5.74, 6) is -0.755. The molecule has 2 N–H and O–H groups in total. The molecule has 0 aromatic carbocycles. The van der Waals surface area contributed by atoms with Crippen molar-refractivity contribution in [3.63, 3.8) is 0 Å². The fourth-order valence-corrected chi connectivity index (χ4v) is 1.71. The molecule has 0 aromatic heterocycles. The van der Waals surface area contributed by atoms with Crippen LogP contribution < -0.4 is 5.32 Å². The third kappa shape index (κ3) is 5.94. The highest BCUT2D eigenvalue weighted by atomic mass is 16.4. The summed E-state index contributed by atoms with van der Waals surface area (Å²) >= 11 is 0. The van der Waals surface area contributed by atoms with Crippen LogP contribution in [0.5, 0.6) is 0 Å². The monoisotopic (exact) mass is 240 g/mol. The molecule has 96 valence electrons. The van der Waals surface area contributed by atoms with Crippen molar-refractivity contribution >= 4 is 12.0 Å². The van der Waals surface area contributed by atoms with Gasteiger partial charge in [0, 0.05) is 26.1 Å². The van der Waals surface area contributed by atoms with Gasteiger partial charge in [-0.25, -0.2) is 4.79 Å². The number of carboxylic acids is 1. The van der Waals surface area contributed by atoms with Crippen LogP contribution in [0.25, 0.3) is 0 Å². The average molecular weight is 240 g/mol. The first kappa shape index (κ1) is 13.5. The molecule has 0 saturated carbocycles. The quantitative estimate of drug-likeness (QED) is 0.547. The Hall–Kier alpha value is -1.52. The predicted octanol–water partition coefficient (Wildman–Crippen LogP) is 1.60. The Bertz CT molecular complexity index is 289. The Morgan fingerprint density at radius 2 is 2.06 bits per heavy atom. The topological polar surface area (TPSA) is 69.6 Å². The lowest BCUT2D eigenvalue weighted by atomic mass is 10.2. The number of carbonyl (C=O) groups excluding carboxylic acids is 1. The zero-order chi connectivity index (χ0) is 12.5. The fourth-order valence-electron chi connectivity index (χ4n) is 1.71. The van der Waals surface area contributed by atoms with E-state index >= 15 is 0 Å². The Morgan fingerprint density at radius 1 is 1.24 bits per heavy atom. The lowest BCUT2D eigenvalue weighted by Crippen LogP contribution is -2.41. The highest BCUT2D eigenvalue weighted by molar-refractivity contribution is 5.74. The van der Waals surface area contributed by atoms with Gasteiger partial charge >= 0.3 is 12.0 Å². The summed E-state index contributed by atoms with van der Waals surface area (Å²) < 4.78 is 0. The Morgan fingerprint density at radius 3 is 2.71 bits per heavy atom. The summed E-state index contributed by atoms with van der Waals surface area (Å²) in [6.45, 7) is 2.09. The number of hydrogen-bond acceptors (Lipinski definition) is 2. The Kier molecular flexibility index (Phi) is 6.14. The molecule has 0 unspecified atom stereocenters. The molecule has 1 aliphatic heterocycles. The molecule has 0 aromatic rings. The first-order valence-corrected chi connectivity index (χ1v) is 6.09. The minimum atomic E-state index is -0.755. The van der Waals surface area contributed by atoms with Crippen LogP contribution in [0, 0.1) is 0 Å². The van der Waals surface area contributed by atoms with E-state index in [9.17, 15) is 9.59 Å². The Balaban J connectivity index is 2.00. The molecule has 0 spiro atoms. The molecule has 0 fully saturated rings. The van der Waals surface area contributed by atoms with Gasteiger partial charge in [-0.1, -0.05) is 18.6 Å². The van der Waals surface area contributed by atoms with E-state index in [1.807, 2.05) is 6.08 Å². The molecule has 0 radical (unpaired) electrons. The number of nitrogens with one attached hydrogen (secondary N) is 1. The molecule has 5 nitrogen and oxygen atoms in total. The maximum atomic E-state index is 11.6. The number of carbonyl (C=O) groups is 2. The SMILES string of the molecule is O=C(O)CCCCCNC(=O)N1CC=CCC1. The highest BCUT2D eigenvalue weighted by Gasteiger charge is 2.12. The van der Waals surface area contributed by atoms with Crippen molar-refractivity contribution in [1.82, 2.24) is 10.2 Å². The third-order valence-electron chi connectivity index (χ3n) is 2.69. The number of nitrogens with zero attached hydrogens (tertiary/aromatic N) is 1. The van der Waals surface area contributed by atoms with E-state index in [4.69, 9.17) is 5.11 Å². The minimum Gasteiger partial charge on any atom is -0.481 e. The van der Waals surface area contributed by atoms with Crippen molar-refractivity contribution in [3.8, 4) is 0 Å². The second-order valence-electron chi connectivity index (χ2n) is 4.14. The van der Waals surface area contributed by atoms with E-state index in [1.165, 1.54) is 0 Å². The molecule has 0 bridgehead atoms. The molecule has 0 aliphatic carbocycles. The van der Waals surface area contributed by atoms with Crippen molar-refractivity contribution in [2.24, 2.45) is 0 Å².